The molecule has 0 bridgehead atoms. The normalized spacial score (nSPS) is 11.0. The molecule has 0 aliphatic heterocycles. The van der Waals surface area contributed by atoms with E-state index in [0.717, 1.165) is 22.6 Å². The first-order valence-corrected chi connectivity index (χ1v) is 6.63. The smallest absolute Gasteiger partial charge is 0.129 e. The van der Waals surface area contributed by atoms with Crippen molar-refractivity contribution in [3.63, 3.8) is 0 Å². The second kappa shape index (κ2) is 4.77. The van der Waals surface area contributed by atoms with Crippen molar-refractivity contribution in [3.8, 4) is 22.4 Å². The third-order valence-corrected chi connectivity index (χ3v) is 3.50. The molecule has 0 atom stereocenters. The van der Waals surface area contributed by atoms with E-state index in [2.05, 4.69) is 5.10 Å². The minimum atomic E-state index is -0.304. The number of nitrogens with two attached hydrogens (primary N) is 1. The van der Waals surface area contributed by atoms with Crippen LogP contribution in [-0.2, 0) is 7.05 Å². The summed E-state index contributed by atoms with van der Waals surface area (Å²) in [5.41, 5.74) is 9.13. The fraction of sp³-hybridized carbons (Fsp3) is 0.188. The van der Waals surface area contributed by atoms with Crippen molar-refractivity contribution in [1.29, 1.82) is 0 Å². The van der Waals surface area contributed by atoms with Crippen LogP contribution in [0.15, 0.2) is 34.7 Å². The quantitative estimate of drug-likeness (QED) is 0.781. The molecule has 0 fully saturated rings. The van der Waals surface area contributed by atoms with Gasteiger partial charge < -0.3 is 10.2 Å². The summed E-state index contributed by atoms with van der Waals surface area (Å²) in [5, 5.41) is 4.47. The predicted octanol–water partition coefficient (Wildman–Crippen LogP) is 3.69. The first kappa shape index (κ1) is 13.4. The van der Waals surface area contributed by atoms with E-state index in [-0.39, 0.29) is 5.82 Å². The van der Waals surface area contributed by atoms with Crippen LogP contribution in [0.2, 0.25) is 0 Å². The number of aromatic nitrogens is 2. The van der Waals surface area contributed by atoms with E-state index in [9.17, 15) is 4.39 Å². The van der Waals surface area contributed by atoms with E-state index in [1.807, 2.05) is 26.0 Å². The fourth-order valence-corrected chi connectivity index (χ4v) is 2.52. The summed E-state index contributed by atoms with van der Waals surface area (Å²) in [6.45, 7) is 3.76. The van der Waals surface area contributed by atoms with E-state index in [1.165, 1.54) is 12.1 Å². The molecule has 0 saturated heterocycles. The number of halogens is 1. The van der Waals surface area contributed by atoms with Crippen molar-refractivity contribution in [2.75, 3.05) is 5.73 Å². The molecule has 0 unspecified atom stereocenters. The van der Waals surface area contributed by atoms with Crippen molar-refractivity contribution in [2.45, 2.75) is 13.8 Å². The fourth-order valence-electron chi connectivity index (χ4n) is 2.52. The number of aryl methyl sites for hydroxylation is 3. The van der Waals surface area contributed by atoms with Gasteiger partial charge >= 0.3 is 0 Å². The minimum Gasteiger partial charge on any atom is -0.466 e. The Labute approximate surface area is 122 Å². The SMILES string of the molecule is Cc1cc(-c2nn(C)c(N)c2-c2cccc(F)c2)c(C)o1. The Hall–Kier alpha value is -2.56. The van der Waals surface area contributed by atoms with Gasteiger partial charge in [-0.15, -0.1) is 0 Å². The molecule has 0 aliphatic carbocycles. The molecule has 5 heteroatoms. The van der Waals surface area contributed by atoms with E-state index >= 15 is 0 Å². The van der Waals surface area contributed by atoms with Gasteiger partial charge in [-0.05, 0) is 37.6 Å². The van der Waals surface area contributed by atoms with Crippen molar-refractivity contribution >= 4 is 5.82 Å². The summed E-state index contributed by atoms with van der Waals surface area (Å²) >= 11 is 0. The second-order valence-corrected chi connectivity index (χ2v) is 5.07. The highest BCUT2D eigenvalue weighted by atomic mass is 19.1. The molecule has 0 amide bonds. The molecule has 0 radical (unpaired) electrons. The average Bonchev–Trinajstić information content (AvgIpc) is 2.90. The molecule has 21 heavy (non-hydrogen) atoms. The molecule has 108 valence electrons. The lowest BCUT2D eigenvalue weighted by Crippen LogP contribution is -1.98. The Bertz CT molecular complexity index is 817. The Morgan fingerprint density at radius 3 is 2.62 bits per heavy atom. The van der Waals surface area contributed by atoms with Gasteiger partial charge in [0.1, 0.15) is 28.8 Å². The second-order valence-electron chi connectivity index (χ2n) is 5.07. The Balaban J connectivity index is 2.28. The number of rotatable bonds is 2. The lowest BCUT2D eigenvalue weighted by molar-refractivity contribution is 0.505. The number of benzene rings is 1. The Morgan fingerprint density at radius 1 is 1.24 bits per heavy atom. The van der Waals surface area contributed by atoms with Crippen molar-refractivity contribution < 1.29 is 8.81 Å². The number of nitrogens with zero attached hydrogens (tertiary/aromatic N) is 2. The minimum absolute atomic E-state index is 0.304. The van der Waals surface area contributed by atoms with E-state index in [0.29, 0.717) is 17.1 Å². The van der Waals surface area contributed by atoms with E-state index in [4.69, 9.17) is 10.2 Å². The highest BCUT2D eigenvalue weighted by Gasteiger charge is 2.20. The summed E-state index contributed by atoms with van der Waals surface area (Å²) in [6.07, 6.45) is 0. The number of nitrogen functional groups attached to an aromatic ring is 1. The lowest BCUT2D eigenvalue weighted by atomic mass is 10.0. The van der Waals surface area contributed by atoms with Gasteiger partial charge in [-0.2, -0.15) is 5.10 Å². The van der Waals surface area contributed by atoms with Crippen LogP contribution in [0.1, 0.15) is 11.5 Å². The van der Waals surface area contributed by atoms with Crippen LogP contribution in [0.3, 0.4) is 0 Å². The van der Waals surface area contributed by atoms with Gasteiger partial charge in [0.2, 0.25) is 0 Å². The van der Waals surface area contributed by atoms with Crippen LogP contribution in [0.5, 0.6) is 0 Å². The first-order chi connectivity index (χ1) is 9.97. The first-order valence-electron chi connectivity index (χ1n) is 6.63. The summed E-state index contributed by atoms with van der Waals surface area (Å²) < 4.78 is 20.7. The van der Waals surface area contributed by atoms with Crippen molar-refractivity contribution in [1.82, 2.24) is 9.78 Å². The molecule has 3 aromatic rings. The average molecular weight is 285 g/mol. The number of hydrogen-bond acceptors (Lipinski definition) is 3. The zero-order valence-electron chi connectivity index (χ0n) is 12.1. The predicted molar refractivity (Wildman–Crippen MR) is 80.2 cm³/mol. The zero-order chi connectivity index (χ0) is 15.1. The monoisotopic (exact) mass is 285 g/mol. The number of hydrogen-bond donors (Lipinski definition) is 1. The van der Waals surface area contributed by atoms with Crippen LogP contribution in [-0.4, -0.2) is 9.78 Å². The molecule has 2 aromatic heterocycles. The summed E-state index contributed by atoms with van der Waals surface area (Å²) in [6, 6.07) is 8.26. The van der Waals surface area contributed by atoms with Gasteiger partial charge in [0.05, 0.1) is 5.56 Å². The Kier molecular flexibility index (Phi) is 3.05. The van der Waals surface area contributed by atoms with Crippen LogP contribution < -0.4 is 5.73 Å². The standard InChI is InChI=1S/C16H16FN3O/c1-9-7-13(10(2)21-9)15-14(16(18)20(3)19-15)11-5-4-6-12(17)8-11/h4-8H,18H2,1-3H3. The van der Waals surface area contributed by atoms with Crippen LogP contribution in [0.25, 0.3) is 22.4 Å². The summed E-state index contributed by atoms with van der Waals surface area (Å²) in [7, 11) is 1.77. The number of anilines is 1. The molecular weight excluding hydrogens is 269 g/mol. The largest absolute Gasteiger partial charge is 0.466 e. The van der Waals surface area contributed by atoms with Crippen LogP contribution in [0.4, 0.5) is 10.2 Å². The van der Waals surface area contributed by atoms with Crippen LogP contribution >= 0.6 is 0 Å². The van der Waals surface area contributed by atoms with E-state index < -0.39 is 0 Å². The zero-order valence-corrected chi connectivity index (χ0v) is 12.1. The maximum atomic E-state index is 13.5. The molecule has 2 N–H and O–H groups in total. The van der Waals surface area contributed by atoms with Crippen molar-refractivity contribution in [3.05, 3.63) is 47.7 Å². The van der Waals surface area contributed by atoms with E-state index in [1.54, 1.807) is 17.8 Å². The van der Waals surface area contributed by atoms with Gasteiger partial charge in [0.15, 0.2) is 0 Å². The third kappa shape index (κ3) is 2.20. The lowest BCUT2D eigenvalue weighted by Gasteiger charge is -2.04. The molecule has 0 saturated carbocycles. The molecule has 0 aliphatic rings. The maximum absolute atomic E-state index is 13.5. The van der Waals surface area contributed by atoms with Gasteiger partial charge in [-0.1, -0.05) is 12.1 Å². The number of furan rings is 1. The van der Waals surface area contributed by atoms with Crippen molar-refractivity contribution in [2.24, 2.45) is 7.05 Å². The van der Waals surface area contributed by atoms with Gasteiger partial charge in [-0.25, -0.2) is 4.39 Å². The van der Waals surface area contributed by atoms with Gasteiger partial charge in [-0.3, -0.25) is 4.68 Å². The molecular formula is C16H16FN3O. The topological polar surface area (TPSA) is 57.0 Å². The molecule has 4 nitrogen and oxygen atoms in total. The maximum Gasteiger partial charge on any atom is 0.129 e. The third-order valence-electron chi connectivity index (χ3n) is 3.50. The molecule has 2 heterocycles. The molecule has 0 spiro atoms. The highest BCUT2D eigenvalue weighted by Crippen LogP contribution is 2.38. The van der Waals surface area contributed by atoms with Gasteiger partial charge in [0, 0.05) is 12.6 Å². The summed E-state index contributed by atoms with van der Waals surface area (Å²) in [5.74, 6) is 1.76. The Morgan fingerprint density at radius 2 is 2.00 bits per heavy atom. The molecule has 3 rings (SSSR count). The van der Waals surface area contributed by atoms with Crippen LogP contribution in [0, 0.1) is 19.7 Å². The van der Waals surface area contributed by atoms with Gasteiger partial charge in [0.25, 0.3) is 0 Å². The summed E-state index contributed by atoms with van der Waals surface area (Å²) in [4.78, 5) is 0. The molecule has 1 aromatic carbocycles. The highest BCUT2D eigenvalue weighted by molar-refractivity contribution is 5.88.